The number of imidazole rings is 1. The Morgan fingerprint density at radius 3 is 2.50 bits per heavy atom. The number of halogens is 1. The van der Waals surface area contributed by atoms with Crippen molar-refractivity contribution in [2.45, 2.75) is 4.34 Å². The highest BCUT2D eigenvalue weighted by molar-refractivity contribution is 9.10. The number of nitro groups is 1. The fourth-order valence-electron chi connectivity index (χ4n) is 1.80. The average Bonchev–Trinajstić information content (AvgIpc) is 2.95. The van der Waals surface area contributed by atoms with E-state index in [1.54, 1.807) is 0 Å². The molecule has 3 rings (SSSR count). The van der Waals surface area contributed by atoms with Gasteiger partial charge >= 0.3 is 0 Å². The zero-order valence-electron chi connectivity index (χ0n) is 10.5. The van der Waals surface area contributed by atoms with Gasteiger partial charge < -0.3 is 0 Å². The summed E-state index contributed by atoms with van der Waals surface area (Å²) in [6, 6.07) is 5.74. The summed E-state index contributed by atoms with van der Waals surface area (Å²) in [5, 5.41) is 19.7. The largest absolute Gasteiger partial charge is 0.269 e. The fraction of sp³-hybridized carbons (Fsp3) is 0. The maximum atomic E-state index is 11.4. The van der Waals surface area contributed by atoms with E-state index in [1.807, 2.05) is 0 Å². The minimum Gasteiger partial charge on any atom is -0.258 e. The van der Waals surface area contributed by atoms with Crippen LogP contribution in [0.15, 0.2) is 33.2 Å². The molecule has 0 bridgehead atoms. The van der Waals surface area contributed by atoms with Gasteiger partial charge in [0.25, 0.3) is 15.7 Å². The molecule has 0 fully saturated rings. The molecular weight excluding hydrogens is 398 g/mol. The van der Waals surface area contributed by atoms with Gasteiger partial charge in [-0.25, -0.2) is 23.1 Å². The molecule has 0 aliphatic carbocycles. The van der Waals surface area contributed by atoms with Gasteiger partial charge in [0.1, 0.15) is 10.3 Å². The lowest BCUT2D eigenvalue weighted by molar-refractivity contribution is -0.384. The molecule has 0 unspecified atom stereocenters. The first-order valence-corrected chi connectivity index (χ1v) is 8.75. The van der Waals surface area contributed by atoms with Crippen LogP contribution >= 0.6 is 27.3 Å². The van der Waals surface area contributed by atoms with E-state index in [-0.39, 0.29) is 10.0 Å². The second kappa shape index (κ2) is 5.08. The zero-order valence-corrected chi connectivity index (χ0v) is 13.7. The Morgan fingerprint density at radius 1 is 1.32 bits per heavy atom. The van der Waals surface area contributed by atoms with Crippen molar-refractivity contribution in [3.05, 3.63) is 39.0 Å². The van der Waals surface area contributed by atoms with Gasteiger partial charge in [0.15, 0.2) is 0 Å². The Kier molecular flexibility index (Phi) is 3.47. The number of hydrogen-bond donors (Lipinski definition) is 1. The van der Waals surface area contributed by atoms with E-state index in [2.05, 4.69) is 26.0 Å². The van der Waals surface area contributed by atoms with Gasteiger partial charge in [0.05, 0.1) is 4.92 Å². The minimum absolute atomic E-state index is 0.0517. The topological polar surface area (TPSA) is 133 Å². The number of fused-ring (bicyclic) bond motifs is 1. The quantitative estimate of drug-likeness (QED) is 0.523. The number of aromatic nitrogens is 3. The molecule has 0 radical (unpaired) electrons. The highest BCUT2D eigenvalue weighted by atomic mass is 79.9. The molecule has 0 saturated carbocycles. The number of benzene rings is 1. The molecule has 3 aromatic rings. The molecule has 2 N–H and O–H groups in total. The maximum absolute atomic E-state index is 11.4. The lowest BCUT2D eigenvalue weighted by Crippen LogP contribution is -2.12. The predicted octanol–water partition coefficient (Wildman–Crippen LogP) is 1.78. The van der Waals surface area contributed by atoms with Crippen LogP contribution < -0.4 is 5.14 Å². The van der Waals surface area contributed by atoms with E-state index >= 15 is 0 Å². The highest BCUT2D eigenvalue weighted by Gasteiger charge is 2.21. The molecule has 12 heteroatoms. The summed E-state index contributed by atoms with van der Waals surface area (Å²) < 4.78 is 24.2. The number of primary sulfonamides is 1. The van der Waals surface area contributed by atoms with Crippen LogP contribution in [0.2, 0.25) is 0 Å². The molecule has 22 heavy (non-hydrogen) atoms. The van der Waals surface area contributed by atoms with Crippen LogP contribution in [0.5, 0.6) is 0 Å². The molecule has 0 amide bonds. The number of rotatable bonds is 3. The molecule has 0 aliphatic heterocycles. The molecule has 114 valence electrons. The molecule has 0 spiro atoms. The van der Waals surface area contributed by atoms with Crippen LogP contribution in [-0.4, -0.2) is 27.9 Å². The van der Waals surface area contributed by atoms with Gasteiger partial charge in [0.2, 0.25) is 9.30 Å². The number of sulfonamides is 1. The van der Waals surface area contributed by atoms with E-state index < -0.39 is 14.9 Å². The minimum atomic E-state index is -3.92. The monoisotopic (exact) mass is 403 g/mol. The first-order valence-electron chi connectivity index (χ1n) is 5.60. The van der Waals surface area contributed by atoms with Crippen LogP contribution in [0, 0.1) is 10.1 Å². The van der Waals surface area contributed by atoms with Crippen molar-refractivity contribution < 1.29 is 13.3 Å². The second-order valence-corrected chi connectivity index (χ2v) is 7.60. The lowest BCUT2D eigenvalue weighted by Gasteiger charge is -1.99. The van der Waals surface area contributed by atoms with E-state index in [0.29, 0.717) is 20.8 Å². The van der Waals surface area contributed by atoms with Crippen molar-refractivity contribution in [3.63, 3.8) is 0 Å². The van der Waals surface area contributed by atoms with E-state index in [1.165, 1.54) is 28.8 Å². The van der Waals surface area contributed by atoms with Crippen molar-refractivity contribution in [1.29, 1.82) is 0 Å². The van der Waals surface area contributed by atoms with Gasteiger partial charge in [0, 0.05) is 17.7 Å². The van der Waals surface area contributed by atoms with Crippen LogP contribution in [-0.2, 0) is 10.0 Å². The van der Waals surface area contributed by atoms with E-state index in [9.17, 15) is 18.5 Å². The second-order valence-electron chi connectivity index (χ2n) is 4.16. The molecule has 1 aromatic carbocycles. The van der Waals surface area contributed by atoms with Crippen molar-refractivity contribution >= 4 is 47.9 Å². The first-order chi connectivity index (χ1) is 10.3. The number of hydrogen-bond acceptors (Lipinski definition) is 7. The Morgan fingerprint density at radius 2 is 1.95 bits per heavy atom. The molecular formula is C10H6BrN5O4S2. The third-order valence-electron chi connectivity index (χ3n) is 2.74. The molecule has 2 aromatic heterocycles. The lowest BCUT2D eigenvalue weighted by atomic mass is 10.1. The van der Waals surface area contributed by atoms with Gasteiger partial charge in [-0.1, -0.05) is 11.3 Å². The first kappa shape index (κ1) is 15.0. The SMILES string of the molecule is NS(=O)(=O)c1nn2c(-c3ccc([N+](=O)[O-])cc3)c(Br)nc2s1. The molecule has 9 nitrogen and oxygen atoms in total. The summed E-state index contributed by atoms with van der Waals surface area (Å²) in [5.41, 5.74) is 1.02. The van der Waals surface area contributed by atoms with Crippen molar-refractivity contribution in [3.8, 4) is 11.3 Å². The average molecular weight is 404 g/mol. The Balaban J connectivity index is 2.19. The Bertz CT molecular complexity index is 992. The Hall–Kier alpha value is -1.89. The number of nitro benzene ring substituents is 1. The zero-order chi connectivity index (χ0) is 16.1. The number of nitrogens with zero attached hydrogens (tertiary/aromatic N) is 4. The maximum Gasteiger partial charge on any atom is 0.269 e. The van der Waals surface area contributed by atoms with Gasteiger partial charge in [-0.05, 0) is 28.1 Å². The smallest absolute Gasteiger partial charge is 0.258 e. The van der Waals surface area contributed by atoms with Crippen molar-refractivity contribution in [2.75, 3.05) is 0 Å². The number of nitrogens with two attached hydrogens (primary N) is 1. The van der Waals surface area contributed by atoms with E-state index in [4.69, 9.17) is 5.14 Å². The van der Waals surface area contributed by atoms with Crippen molar-refractivity contribution in [1.82, 2.24) is 14.6 Å². The fourth-order valence-corrected chi connectivity index (χ4v) is 4.00. The summed E-state index contributed by atoms with van der Waals surface area (Å²) >= 11 is 4.10. The third kappa shape index (κ3) is 2.49. The molecule has 0 atom stereocenters. The third-order valence-corrected chi connectivity index (χ3v) is 5.51. The van der Waals surface area contributed by atoms with Crippen LogP contribution in [0.4, 0.5) is 5.69 Å². The molecule has 2 heterocycles. The standard InChI is InChI=1S/C10H6BrN5O4S2/c11-8-7(5-1-3-6(4-2-5)16(17)18)15-9(13-8)21-10(14-15)22(12,19)20/h1-4H,(H2,12,19,20). The summed E-state index contributed by atoms with van der Waals surface area (Å²) in [7, 11) is -3.92. The van der Waals surface area contributed by atoms with Gasteiger partial charge in [-0.2, -0.15) is 0 Å². The number of non-ortho nitro benzene ring substituents is 1. The molecule has 0 aliphatic rings. The predicted molar refractivity (Wildman–Crippen MR) is 82.0 cm³/mol. The van der Waals surface area contributed by atoms with Crippen LogP contribution in [0.25, 0.3) is 16.2 Å². The van der Waals surface area contributed by atoms with Crippen LogP contribution in [0.3, 0.4) is 0 Å². The summed E-state index contributed by atoms with van der Waals surface area (Å²) in [6.45, 7) is 0. The van der Waals surface area contributed by atoms with Crippen LogP contribution in [0.1, 0.15) is 0 Å². The normalized spacial score (nSPS) is 11.9. The Labute approximate surface area is 135 Å². The van der Waals surface area contributed by atoms with E-state index in [0.717, 1.165) is 11.3 Å². The highest BCUT2D eigenvalue weighted by Crippen LogP contribution is 2.32. The van der Waals surface area contributed by atoms with Crippen molar-refractivity contribution in [2.24, 2.45) is 5.14 Å². The molecule has 0 saturated heterocycles. The summed E-state index contributed by atoms with van der Waals surface area (Å²) in [4.78, 5) is 14.7. The summed E-state index contributed by atoms with van der Waals surface area (Å²) in [5.74, 6) is 0. The van der Waals surface area contributed by atoms with Gasteiger partial charge in [-0.3, -0.25) is 10.1 Å². The van der Waals surface area contributed by atoms with Gasteiger partial charge in [-0.15, -0.1) is 5.10 Å². The summed E-state index contributed by atoms with van der Waals surface area (Å²) in [6.07, 6.45) is 0.